The van der Waals surface area contributed by atoms with Crippen LogP contribution in [0.4, 0.5) is 0 Å². The fourth-order valence-corrected chi connectivity index (χ4v) is 4.15. The molecular weight excluding hydrogens is 394 g/mol. The summed E-state index contributed by atoms with van der Waals surface area (Å²) in [6, 6.07) is 3.60. The minimum Gasteiger partial charge on any atom is -0.496 e. The van der Waals surface area contributed by atoms with Gasteiger partial charge in [0.1, 0.15) is 23.1 Å². The summed E-state index contributed by atoms with van der Waals surface area (Å²) in [6.45, 7) is 5.99. The number of ether oxygens (including phenoxy) is 2. The van der Waals surface area contributed by atoms with Gasteiger partial charge in [-0.15, -0.1) is 22.6 Å². The Morgan fingerprint density at radius 1 is 1.10 bits per heavy atom. The highest BCUT2D eigenvalue weighted by molar-refractivity contribution is 5.95. The van der Waals surface area contributed by atoms with Gasteiger partial charge in [-0.3, -0.25) is 4.79 Å². The molecule has 0 bridgehead atoms. The zero-order valence-electron chi connectivity index (χ0n) is 17.1. The van der Waals surface area contributed by atoms with Gasteiger partial charge in [0.05, 0.1) is 20.8 Å². The van der Waals surface area contributed by atoms with Crippen LogP contribution >= 0.6 is 12.4 Å². The molecule has 9 heteroatoms. The zero-order valence-corrected chi connectivity index (χ0v) is 17.9. The number of hydrogen-bond acceptors (Lipinski definition) is 6. The van der Waals surface area contributed by atoms with Crippen molar-refractivity contribution < 1.29 is 14.3 Å². The molecule has 4 rings (SSSR count). The van der Waals surface area contributed by atoms with Gasteiger partial charge in [0.2, 0.25) is 0 Å². The number of carbonyl (C=O) groups is 1. The number of piperidine rings is 1. The van der Waals surface area contributed by atoms with Crippen molar-refractivity contribution in [3.63, 3.8) is 0 Å². The van der Waals surface area contributed by atoms with E-state index in [2.05, 4.69) is 20.1 Å². The van der Waals surface area contributed by atoms with Crippen LogP contribution in [0.1, 0.15) is 46.3 Å². The Morgan fingerprint density at radius 2 is 1.76 bits per heavy atom. The lowest BCUT2D eigenvalue weighted by Crippen LogP contribution is -2.39. The number of methoxy groups -OCH3 is 2. The van der Waals surface area contributed by atoms with Gasteiger partial charge in [0.25, 0.3) is 5.91 Å². The van der Waals surface area contributed by atoms with E-state index < -0.39 is 0 Å². The smallest absolute Gasteiger partial charge is 0.254 e. The third-order valence-electron chi connectivity index (χ3n) is 5.80. The Morgan fingerprint density at radius 3 is 2.38 bits per heavy atom. The van der Waals surface area contributed by atoms with E-state index in [9.17, 15) is 4.79 Å². The molecule has 1 aromatic heterocycles. The number of carbonyl (C=O) groups excluding carboxylic acids is 1. The molecule has 0 spiro atoms. The summed E-state index contributed by atoms with van der Waals surface area (Å²) in [5, 5.41) is 12.1. The Kier molecular flexibility index (Phi) is 6.64. The number of nitrogens with zero attached hydrogens (tertiary/aromatic N) is 4. The quantitative estimate of drug-likeness (QED) is 0.814. The number of likely N-dealkylation sites (tertiary alicyclic amines) is 1. The van der Waals surface area contributed by atoms with Gasteiger partial charge in [0, 0.05) is 43.2 Å². The lowest BCUT2D eigenvalue weighted by molar-refractivity contribution is 0.0709. The number of nitrogens with one attached hydrogen (secondary N) is 1. The molecule has 1 amide bonds. The molecule has 3 heterocycles. The molecule has 0 saturated carbocycles. The SMILES string of the molecule is COc1cc(C(=O)N2CCC(c3nnc4n3CCNC4)CC2)cc(OC)c1C.Cl. The molecule has 2 aliphatic rings. The van der Waals surface area contributed by atoms with Crippen molar-refractivity contribution in [2.75, 3.05) is 33.9 Å². The normalized spacial score (nSPS) is 16.7. The molecule has 29 heavy (non-hydrogen) atoms. The first-order chi connectivity index (χ1) is 13.6. The first kappa shape index (κ1) is 21.4. The molecule has 1 saturated heterocycles. The third-order valence-corrected chi connectivity index (χ3v) is 5.80. The molecule has 2 aromatic rings. The standard InChI is InChI=1S/C20H27N5O3.ClH/c1-13-16(27-2)10-15(11-17(13)28-3)20(26)24-7-4-14(5-8-24)19-23-22-18-12-21-6-9-25(18)19;/h10-11,14,21H,4-9,12H2,1-3H3;1H. The maximum absolute atomic E-state index is 13.0. The zero-order chi connectivity index (χ0) is 19.7. The fourth-order valence-electron chi connectivity index (χ4n) is 4.15. The highest BCUT2D eigenvalue weighted by atomic mass is 35.5. The highest BCUT2D eigenvalue weighted by Crippen LogP contribution is 2.32. The summed E-state index contributed by atoms with van der Waals surface area (Å²) in [4.78, 5) is 15.0. The van der Waals surface area contributed by atoms with Crippen LogP contribution < -0.4 is 14.8 Å². The average Bonchev–Trinajstić information content (AvgIpc) is 3.17. The molecule has 1 N–H and O–H groups in total. The van der Waals surface area contributed by atoms with Gasteiger partial charge in [-0.05, 0) is 31.9 Å². The number of rotatable bonds is 4. The Hall–Kier alpha value is -2.32. The number of amides is 1. The third kappa shape index (κ3) is 4.04. The maximum atomic E-state index is 13.0. The van der Waals surface area contributed by atoms with E-state index in [1.165, 1.54) is 0 Å². The number of halogens is 1. The lowest BCUT2D eigenvalue weighted by Gasteiger charge is -2.32. The summed E-state index contributed by atoms with van der Waals surface area (Å²) in [5.74, 6) is 3.79. The van der Waals surface area contributed by atoms with Crippen molar-refractivity contribution in [2.45, 2.75) is 38.8 Å². The van der Waals surface area contributed by atoms with E-state index >= 15 is 0 Å². The van der Waals surface area contributed by atoms with Crippen LogP contribution in [0.3, 0.4) is 0 Å². The van der Waals surface area contributed by atoms with Gasteiger partial charge < -0.3 is 24.3 Å². The van der Waals surface area contributed by atoms with Gasteiger partial charge in [-0.2, -0.15) is 0 Å². The van der Waals surface area contributed by atoms with Gasteiger partial charge in [0.15, 0.2) is 0 Å². The Labute approximate surface area is 177 Å². The van der Waals surface area contributed by atoms with Gasteiger partial charge >= 0.3 is 0 Å². The van der Waals surface area contributed by atoms with E-state index in [4.69, 9.17) is 9.47 Å². The van der Waals surface area contributed by atoms with Crippen LogP contribution in [-0.4, -0.2) is 59.4 Å². The highest BCUT2D eigenvalue weighted by Gasteiger charge is 2.29. The summed E-state index contributed by atoms with van der Waals surface area (Å²) in [6.07, 6.45) is 1.80. The van der Waals surface area contributed by atoms with Crippen molar-refractivity contribution in [1.82, 2.24) is 25.0 Å². The largest absolute Gasteiger partial charge is 0.496 e. The molecule has 2 aliphatic heterocycles. The monoisotopic (exact) mass is 421 g/mol. The van der Waals surface area contributed by atoms with E-state index in [0.717, 1.165) is 49.7 Å². The van der Waals surface area contributed by atoms with Crippen molar-refractivity contribution in [2.24, 2.45) is 0 Å². The van der Waals surface area contributed by atoms with Crippen LogP contribution in [0.25, 0.3) is 0 Å². The van der Waals surface area contributed by atoms with Crippen molar-refractivity contribution in [3.05, 3.63) is 34.9 Å². The first-order valence-electron chi connectivity index (χ1n) is 9.77. The second kappa shape index (κ2) is 9.00. The van der Waals surface area contributed by atoms with Crippen LogP contribution in [0.5, 0.6) is 11.5 Å². The molecule has 158 valence electrons. The van der Waals surface area contributed by atoms with Crippen molar-refractivity contribution >= 4 is 18.3 Å². The molecule has 0 atom stereocenters. The van der Waals surface area contributed by atoms with E-state index in [1.807, 2.05) is 11.8 Å². The molecule has 1 aromatic carbocycles. The van der Waals surface area contributed by atoms with Crippen molar-refractivity contribution in [1.29, 1.82) is 0 Å². The van der Waals surface area contributed by atoms with E-state index in [1.54, 1.807) is 26.4 Å². The molecule has 0 radical (unpaired) electrons. The minimum atomic E-state index is 0. The molecule has 0 aliphatic carbocycles. The number of hydrogen-bond donors (Lipinski definition) is 1. The van der Waals surface area contributed by atoms with Gasteiger partial charge in [-0.25, -0.2) is 0 Å². The molecule has 8 nitrogen and oxygen atoms in total. The van der Waals surface area contributed by atoms with E-state index in [0.29, 0.717) is 36.1 Å². The van der Waals surface area contributed by atoms with Crippen LogP contribution in [0, 0.1) is 6.92 Å². The topological polar surface area (TPSA) is 81.5 Å². The predicted molar refractivity (Wildman–Crippen MR) is 111 cm³/mol. The van der Waals surface area contributed by atoms with Crippen LogP contribution in [0.2, 0.25) is 0 Å². The number of fused-ring (bicyclic) bond motifs is 1. The fraction of sp³-hybridized carbons (Fsp3) is 0.550. The van der Waals surface area contributed by atoms with Gasteiger partial charge in [-0.1, -0.05) is 0 Å². The minimum absolute atomic E-state index is 0. The first-order valence-corrected chi connectivity index (χ1v) is 9.77. The number of benzene rings is 1. The summed E-state index contributed by atoms with van der Waals surface area (Å²) >= 11 is 0. The second-order valence-electron chi connectivity index (χ2n) is 7.38. The number of aromatic nitrogens is 3. The van der Waals surface area contributed by atoms with E-state index in [-0.39, 0.29) is 18.3 Å². The predicted octanol–water partition coefficient (Wildman–Crippen LogP) is 2.15. The average molecular weight is 422 g/mol. The summed E-state index contributed by atoms with van der Waals surface area (Å²) < 4.78 is 13.1. The van der Waals surface area contributed by atoms with Crippen LogP contribution in [-0.2, 0) is 13.1 Å². The summed E-state index contributed by atoms with van der Waals surface area (Å²) in [5.41, 5.74) is 1.50. The lowest BCUT2D eigenvalue weighted by atomic mass is 9.95. The summed E-state index contributed by atoms with van der Waals surface area (Å²) in [7, 11) is 3.21. The maximum Gasteiger partial charge on any atom is 0.254 e. The van der Waals surface area contributed by atoms with Crippen LogP contribution in [0.15, 0.2) is 12.1 Å². The second-order valence-corrected chi connectivity index (χ2v) is 7.38. The van der Waals surface area contributed by atoms with Crippen molar-refractivity contribution in [3.8, 4) is 11.5 Å². The molecular formula is C20H28ClN5O3. The Balaban J connectivity index is 0.00000240. The molecule has 0 unspecified atom stereocenters. The Bertz CT molecular complexity index is 852. The molecule has 1 fully saturated rings.